The molecule has 3 rings (SSSR count). The van der Waals surface area contributed by atoms with E-state index in [4.69, 9.17) is 0 Å². The molecule has 3 aromatic rings. The van der Waals surface area contributed by atoms with Gasteiger partial charge in [-0.3, -0.25) is 4.98 Å². The summed E-state index contributed by atoms with van der Waals surface area (Å²) in [5.74, 6) is 1.55. The maximum absolute atomic E-state index is 4.62. The molecule has 0 atom stereocenters. The number of aryl methyl sites for hydroxylation is 2. The molecule has 23 heavy (non-hydrogen) atoms. The highest BCUT2D eigenvalue weighted by molar-refractivity contribution is 7.09. The highest BCUT2D eigenvalue weighted by Crippen LogP contribution is 2.18. The molecule has 0 aliphatic heterocycles. The van der Waals surface area contributed by atoms with Crippen molar-refractivity contribution in [1.82, 2.24) is 19.9 Å². The molecule has 0 saturated heterocycles. The van der Waals surface area contributed by atoms with Gasteiger partial charge in [0.25, 0.3) is 0 Å². The third-order valence-corrected chi connectivity index (χ3v) is 4.47. The summed E-state index contributed by atoms with van der Waals surface area (Å²) < 4.78 is 0. The van der Waals surface area contributed by atoms with E-state index in [9.17, 15) is 0 Å². The molecule has 118 valence electrons. The lowest BCUT2D eigenvalue weighted by Gasteiger charge is -2.08. The molecule has 0 spiro atoms. The van der Waals surface area contributed by atoms with Crippen molar-refractivity contribution < 1.29 is 0 Å². The molecule has 0 saturated carbocycles. The zero-order valence-electron chi connectivity index (χ0n) is 13.3. The molecular formula is C17H19N5S. The predicted octanol–water partition coefficient (Wildman–Crippen LogP) is 3.73. The summed E-state index contributed by atoms with van der Waals surface area (Å²) in [4.78, 5) is 17.8. The lowest BCUT2D eigenvalue weighted by Crippen LogP contribution is -2.05. The first kappa shape index (κ1) is 15.6. The minimum Gasteiger partial charge on any atom is -0.364 e. The standard InChI is InChI=1S/C17H19N5S/c1-3-13-9-15(19-10-14-11-23-16(4-2)20-14)22-17(21-13)12-5-7-18-8-6-12/h5-9,11H,3-4,10H2,1-2H3,(H,19,21,22). The summed E-state index contributed by atoms with van der Waals surface area (Å²) in [7, 11) is 0. The van der Waals surface area contributed by atoms with Gasteiger partial charge in [-0.15, -0.1) is 11.3 Å². The van der Waals surface area contributed by atoms with Gasteiger partial charge in [-0.1, -0.05) is 13.8 Å². The van der Waals surface area contributed by atoms with Crippen LogP contribution >= 0.6 is 11.3 Å². The number of pyridine rings is 1. The molecule has 3 heterocycles. The Kier molecular flexibility index (Phi) is 4.92. The van der Waals surface area contributed by atoms with Crippen molar-refractivity contribution in [3.05, 3.63) is 52.4 Å². The minimum absolute atomic E-state index is 0.673. The molecule has 1 N–H and O–H groups in total. The number of hydrogen-bond donors (Lipinski definition) is 1. The maximum atomic E-state index is 4.62. The van der Waals surface area contributed by atoms with E-state index in [1.165, 1.54) is 0 Å². The number of aromatic nitrogens is 4. The van der Waals surface area contributed by atoms with Crippen LogP contribution in [0.15, 0.2) is 36.0 Å². The summed E-state index contributed by atoms with van der Waals surface area (Å²) >= 11 is 1.70. The molecule has 5 nitrogen and oxygen atoms in total. The van der Waals surface area contributed by atoms with E-state index >= 15 is 0 Å². The van der Waals surface area contributed by atoms with Crippen LogP contribution in [0.3, 0.4) is 0 Å². The predicted molar refractivity (Wildman–Crippen MR) is 93.5 cm³/mol. The zero-order chi connectivity index (χ0) is 16.1. The average molecular weight is 325 g/mol. The van der Waals surface area contributed by atoms with Crippen molar-refractivity contribution in [2.24, 2.45) is 0 Å². The topological polar surface area (TPSA) is 63.6 Å². The Bertz CT molecular complexity index is 770. The monoisotopic (exact) mass is 325 g/mol. The van der Waals surface area contributed by atoms with Crippen LogP contribution in [0.25, 0.3) is 11.4 Å². The summed E-state index contributed by atoms with van der Waals surface area (Å²) in [6.07, 6.45) is 5.36. The third-order valence-electron chi connectivity index (χ3n) is 3.43. The SMILES string of the molecule is CCc1cc(NCc2csc(CC)n2)nc(-c2ccncc2)n1. The zero-order valence-corrected chi connectivity index (χ0v) is 14.1. The number of anilines is 1. The van der Waals surface area contributed by atoms with Crippen LogP contribution in [0.2, 0.25) is 0 Å². The van der Waals surface area contributed by atoms with Gasteiger partial charge in [0, 0.05) is 35.1 Å². The molecule has 0 aliphatic rings. The Balaban J connectivity index is 1.81. The fourth-order valence-electron chi connectivity index (χ4n) is 2.17. The van der Waals surface area contributed by atoms with E-state index in [1.54, 1.807) is 23.7 Å². The number of nitrogens with one attached hydrogen (secondary N) is 1. The third kappa shape index (κ3) is 3.90. The number of thiazole rings is 1. The summed E-state index contributed by atoms with van der Waals surface area (Å²) in [6.45, 7) is 4.89. The Morgan fingerprint density at radius 3 is 2.52 bits per heavy atom. The number of hydrogen-bond acceptors (Lipinski definition) is 6. The molecule has 0 aromatic carbocycles. The van der Waals surface area contributed by atoms with Crippen LogP contribution in [-0.2, 0) is 19.4 Å². The second-order valence-electron chi connectivity index (χ2n) is 5.10. The number of rotatable bonds is 6. The van der Waals surface area contributed by atoms with Gasteiger partial charge in [0.1, 0.15) is 5.82 Å². The van der Waals surface area contributed by atoms with Gasteiger partial charge in [-0.25, -0.2) is 15.0 Å². The smallest absolute Gasteiger partial charge is 0.161 e. The van der Waals surface area contributed by atoms with E-state index in [1.807, 2.05) is 18.2 Å². The van der Waals surface area contributed by atoms with Gasteiger partial charge in [0.05, 0.1) is 17.2 Å². The van der Waals surface area contributed by atoms with Gasteiger partial charge in [-0.05, 0) is 25.0 Å². The second-order valence-corrected chi connectivity index (χ2v) is 6.04. The van der Waals surface area contributed by atoms with E-state index in [2.05, 4.69) is 44.5 Å². The van der Waals surface area contributed by atoms with Crippen molar-refractivity contribution in [2.75, 3.05) is 5.32 Å². The molecular weight excluding hydrogens is 306 g/mol. The normalized spacial score (nSPS) is 10.7. The lowest BCUT2D eigenvalue weighted by atomic mass is 10.2. The molecule has 0 bridgehead atoms. The first-order valence-corrected chi connectivity index (χ1v) is 8.62. The van der Waals surface area contributed by atoms with Gasteiger partial charge in [0.2, 0.25) is 0 Å². The number of nitrogens with zero attached hydrogens (tertiary/aromatic N) is 4. The van der Waals surface area contributed by atoms with Crippen LogP contribution in [0.1, 0.15) is 30.2 Å². The van der Waals surface area contributed by atoms with Gasteiger partial charge in [-0.2, -0.15) is 0 Å². The Morgan fingerprint density at radius 1 is 1.00 bits per heavy atom. The molecule has 0 aliphatic carbocycles. The second kappa shape index (κ2) is 7.28. The van der Waals surface area contributed by atoms with Crippen molar-refractivity contribution in [3.63, 3.8) is 0 Å². The fourth-order valence-corrected chi connectivity index (χ4v) is 2.92. The van der Waals surface area contributed by atoms with E-state index in [0.717, 1.165) is 46.4 Å². The Morgan fingerprint density at radius 2 is 1.83 bits per heavy atom. The first-order chi connectivity index (χ1) is 11.3. The van der Waals surface area contributed by atoms with Gasteiger partial charge >= 0.3 is 0 Å². The van der Waals surface area contributed by atoms with Crippen LogP contribution in [0.5, 0.6) is 0 Å². The fraction of sp³-hybridized carbons (Fsp3) is 0.294. The molecule has 0 amide bonds. The van der Waals surface area contributed by atoms with Gasteiger partial charge < -0.3 is 5.32 Å². The highest BCUT2D eigenvalue weighted by atomic mass is 32.1. The summed E-state index contributed by atoms with van der Waals surface area (Å²) in [5, 5.41) is 6.62. The van der Waals surface area contributed by atoms with E-state index in [0.29, 0.717) is 6.54 Å². The van der Waals surface area contributed by atoms with Crippen LogP contribution < -0.4 is 5.32 Å². The average Bonchev–Trinajstić information content (AvgIpc) is 3.08. The Hall–Kier alpha value is -2.34. The summed E-state index contributed by atoms with van der Waals surface area (Å²) in [5.41, 5.74) is 3.04. The van der Waals surface area contributed by atoms with Crippen molar-refractivity contribution in [2.45, 2.75) is 33.2 Å². The van der Waals surface area contributed by atoms with E-state index in [-0.39, 0.29) is 0 Å². The molecule has 3 aromatic heterocycles. The quantitative estimate of drug-likeness (QED) is 0.748. The molecule has 0 unspecified atom stereocenters. The van der Waals surface area contributed by atoms with Crippen LogP contribution in [0.4, 0.5) is 5.82 Å². The summed E-state index contributed by atoms with van der Waals surface area (Å²) in [6, 6.07) is 5.84. The largest absolute Gasteiger partial charge is 0.364 e. The molecule has 0 fully saturated rings. The van der Waals surface area contributed by atoms with Crippen LogP contribution in [-0.4, -0.2) is 19.9 Å². The Labute approximate surface area is 139 Å². The molecule has 6 heteroatoms. The van der Waals surface area contributed by atoms with E-state index < -0.39 is 0 Å². The van der Waals surface area contributed by atoms with Crippen LogP contribution in [0, 0.1) is 0 Å². The maximum Gasteiger partial charge on any atom is 0.161 e. The minimum atomic E-state index is 0.673. The van der Waals surface area contributed by atoms with Crippen molar-refractivity contribution >= 4 is 17.2 Å². The van der Waals surface area contributed by atoms with Crippen molar-refractivity contribution in [3.8, 4) is 11.4 Å². The van der Waals surface area contributed by atoms with Crippen molar-refractivity contribution in [1.29, 1.82) is 0 Å². The highest BCUT2D eigenvalue weighted by Gasteiger charge is 2.07. The lowest BCUT2D eigenvalue weighted by molar-refractivity contribution is 0.973. The molecule has 0 radical (unpaired) electrons. The first-order valence-electron chi connectivity index (χ1n) is 7.74. The van der Waals surface area contributed by atoms with Gasteiger partial charge in [0.15, 0.2) is 5.82 Å².